The maximum absolute atomic E-state index is 11.1. The van der Waals surface area contributed by atoms with Crippen LogP contribution in [0.5, 0.6) is 0 Å². The highest BCUT2D eigenvalue weighted by atomic mass is 16.1. The van der Waals surface area contributed by atoms with Gasteiger partial charge in [-0.15, -0.1) is 0 Å². The minimum absolute atomic E-state index is 0.134. The highest BCUT2D eigenvalue weighted by Crippen LogP contribution is 2.04. The van der Waals surface area contributed by atoms with E-state index >= 15 is 0 Å². The molecule has 1 amide bonds. The van der Waals surface area contributed by atoms with Crippen molar-refractivity contribution in [1.29, 1.82) is 0 Å². The average Bonchev–Trinajstić information content (AvgIpc) is 2.14. The van der Waals surface area contributed by atoms with Crippen LogP contribution in [0.25, 0.3) is 0 Å². The van der Waals surface area contributed by atoms with E-state index in [4.69, 9.17) is 0 Å². The van der Waals surface area contributed by atoms with Crippen molar-refractivity contribution in [3.05, 3.63) is 12.3 Å². The molecule has 13 heavy (non-hydrogen) atoms. The Kier molecular flexibility index (Phi) is 8.73. The van der Waals surface area contributed by atoms with E-state index in [1.54, 1.807) is 6.20 Å². The molecule has 0 saturated heterocycles. The van der Waals surface area contributed by atoms with Crippen molar-refractivity contribution in [3.63, 3.8) is 0 Å². The summed E-state index contributed by atoms with van der Waals surface area (Å²) < 4.78 is 0. The molecule has 0 bridgehead atoms. The molecule has 0 radical (unpaired) electrons. The molecular weight excluding hydrogens is 162 g/mol. The quantitative estimate of drug-likeness (QED) is 0.604. The van der Waals surface area contributed by atoms with Crippen LogP contribution < -0.4 is 5.32 Å². The Bertz CT molecular complexity index is 152. The molecule has 0 atom stereocenters. The van der Waals surface area contributed by atoms with Gasteiger partial charge in [0.15, 0.2) is 0 Å². The van der Waals surface area contributed by atoms with E-state index in [0.29, 0.717) is 6.42 Å². The molecule has 0 spiro atoms. The van der Waals surface area contributed by atoms with Crippen LogP contribution in [0, 0.1) is 0 Å². The van der Waals surface area contributed by atoms with Gasteiger partial charge in [-0.3, -0.25) is 4.79 Å². The van der Waals surface area contributed by atoms with Crippen molar-refractivity contribution in [1.82, 2.24) is 5.32 Å². The second-order valence-corrected chi connectivity index (χ2v) is 3.23. The monoisotopic (exact) mass is 183 g/mol. The van der Waals surface area contributed by atoms with Crippen LogP contribution >= 0.6 is 0 Å². The van der Waals surface area contributed by atoms with E-state index < -0.39 is 0 Å². The number of rotatable bonds is 7. The fourth-order valence-electron chi connectivity index (χ4n) is 1.14. The van der Waals surface area contributed by atoms with Crippen molar-refractivity contribution in [2.45, 2.75) is 52.4 Å². The van der Waals surface area contributed by atoms with Crippen LogP contribution in [0.4, 0.5) is 0 Å². The van der Waals surface area contributed by atoms with E-state index in [2.05, 4.69) is 12.2 Å². The highest BCUT2D eigenvalue weighted by Gasteiger charge is 1.97. The van der Waals surface area contributed by atoms with Crippen molar-refractivity contribution in [2.75, 3.05) is 0 Å². The number of nitrogens with one attached hydrogen (secondary N) is 1. The molecule has 0 unspecified atom stereocenters. The number of amides is 1. The summed E-state index contributed by atoms with van der Waals surface area (Å²) in [4.78, 5) is 11.1. The molecule has 0 fully saturated rings. The molecule has 0 aliphatic heterocycles. The summed E-state index contributed by atoms with van der Waals surface area (Å²) in [7, 11) is 0. The maximum Gasteiger partial charge on any atom is 0.223 e. The first-order chi connectivity index (χ1) is 6.31. The van der Waals surface area contributed by atoms with Gasteiger partial charge in [0.05, 0.1) is 0 Å². The normalized spacial score (nSPS) is 10.6. The minimum Gasteiger partial charge on any atom is -0.333 e. The SMILES string of the molecule is C/C=C\NC(=O)CCCCCCC. The van der Waals surface area contributed by atoms with Crippen LogP contribution in [0.15, 0.2) is 12.3 Å². The summed E-state index contributed by atoms with van der Waals surface area (Å²) in [5.41, 5.74) is 0. The molecule has 0 aromatic rings. The Morgan fingerprint density at radius 1 is 1.23 bits per heavy atom. The van der Waals surface area contributed by atoms with Gasteiger partial charge in [0.2, 0.25) is 5.91 Å². The number of unbranched alkanes of at least 4 members (excludes halogenated alkanes) is 4. The van der Waals surface area contributed by atoms with Gasteiger partial charge in [-0.2, -0.15) is 0 Å². The van der Waals surface area contributed by atoms with Gasteiger partial charge in [0.25, 0.3) is 0 Å². The summed E-state index contributed by atoms with van der Waals surface area (Å²) in [5, 5.41) is 2.70. The molecule has 0 aromatic carbocycles. The largest absolute Gasteiger partial charge is 0.333 e. The summed E-state index contributed by atoms with van der Waals surface area (Å²) in [6.07, 6.45) is 10.2. The van der Waals surface area contributed by atoms with Crippen LogP contribution in [0.1, 0.15) is 52.4 Å². The van der Waals surface area contributed by atoms with Crippen molar-refractivity contribution < 1.29 is 4.79 Å². The predicted octanol–water partition coefficient (Wildman–Crippen LogP) is 3.00. The third kappa shape index (κ3) is 9.12. The van der Waals surface area contributed by atoms with Gasteiger partial charge in [0, 0.05) is 6.42 Å². The minimum atomic E-state index is 0.134. The number of hydrogen-bond donors (Lipinski definition) is 1. The molecule has 2 heteroatoms. The van der Waals surface area contributed by atoms with Gasteiger partial charge in [-0.05, 0) is 19.5 Å². The lowest BCUT2D eigenvalue weighted by Gasteiger charge is -1.99. The molecular formula is C11H21NO. The second-order valence-electron chi connectivity index (χ2n) is 3.23. The molecule has 2 nitrogen and oxygen atoms in total. The van der Waals surface area contributed by atoms with Gasteiger partial charge in [-0.25, -0.2) is 0 Å². The van der Waals surface area contributed by atoms with Gasteiger partial charge < -0.3 is 5.32 Å². The lowest BCUT2D eigenvalue weighted by Crippen LogP contribution is -2.15. The zero-order valence-electron chi connectivity index (χ0n) is 8.81. The molecule has 0 aliphatic carbocycles. The van der Waals surface area contributed by atoms with Crippen LogP contribution in [0.2, 0.25) is 0 Å². The summed E-state index contributed by atoms with van der Waals surface area (Å²) >= 11 is 0. The number of allylic oxidation sites excluding steroid dienone is 1. The van der Waals surface area contributed by atoms with E-state index in [1.165, 1.54) is 25.7 Å². The fourth-order valence-corrected chi connectivity index (χ4v) is 1.14. The summed E-state index contributed by atoms with van der Waals surface area (Å²) in [6, 6.07) is 0. The third-order valence-electron chi connectivity index (χ3n) is 1.92. The fraction of sp³-hybridized carbons (Fsp3) is 0.727. The zero-order valence-corrected chi connectivity index (χ0v) is 8.81. The smallest absolute Gasteiger partial charge is 0.223 e. The van der Waals surface area contributed by atoms with E-state index in [1.807, 2.05) is 13.0 Å². The van der Waals surface area contributed by atoms with Gasteiger partial charge in [0.1, 0.15) is 0 Å². The first kappa shape index (κ1) is 12.2. The maximum atomic E-state index is 11.1. The van der Waals surface area contributed by atoms with Crippen molar-refractivity contribution in [3.8, 4) is 0 Å². The van der Waals surface area contributed by atoms with Crippen molar-refractivity contribution in [2.24, 2.45) is 0 Å². The van der Waals surface area contributed by atoms with E-state index in [0.717, 1.165) is 6.42 Å². The zero-order chi connectivity index (χ0) is 9.94. The average molecular weight is 183 g/mol. The first-order valence-corrected chi connectivity index (χ1v) is 5.21. The van der Waals surface area contributed by atoms with Gasteiger partial charge in [-0.1, -0.05) is 38.7 Å². The molecule has 0 aliphatic rings. The summed E-state index contributed by atoms with van der Waals surface area (Å²) in [5.74, 6) is 0.134. The standard InChI is InChI=1S/C11H21NO/c1-3-5-6-7-8-9-11(13)12-10-4-2/h4,10H,3,5-9H2,1-2H3,(H,12,13)/b10-4-. The molecule has 0 saturated carbocycles. The Hall–Kier alpha value is -0.790. The lowest BCUT2D eigenvalue weighted by molar-refractivity contribution is -0.120. The third-order valence-corrected chi connectivity index (χ3v) is 1.92. The molecule has 76 valence electrons. The van der Waals surface area contributed by atoms with Crippen LogP contribution in [0.3, 0.4) is 0 Å². The topological polar surface area (TPSA) is 29.1 Å². The Morgan fingerprint density at radius 2 is 1.92 bits per heavy atom. The van der Waals surface area contributed by atoms with Crippen LogP contribution in [-0.2, 0) is 4.79 Å². The van der Waals surface area contributed by atoms with Crippen LogP contribution in [-0.4, -0.2) is 5.91 Å². The van der Waals surface area contributed by atoms with Gasteiger partial charge >= 0.3 is 0 Å². The molecule has 0 rings (SSSR count). The van der Waals surface area contributed by atoms with E-state index in [9.17, 15) is 4.79 Å². The molecule has 0 heterocycles. The molecule has 1 N–H and O–H groups in total. The number of carbonyl (C=O) groups is 1. The summed E-state index contributed by atoms with van der Waals surface area (Å²) in [6.45, 7) is 4.08. The highest BCUT2D eigenvalue weighted by molar-refractivity contribution is 5.76. The Balaban J connectivity index is 3.17. The first-order valence-electron chi connectivity index (χ1n) is 5.21. The number of hydrogen-bond acceptors (Lipinski definition) is 1. The Labute approximate surface area is 81.4 Å². The van der Waals surface area contributed by atoms with Crippen molar-refractivity contribution >= 4 is 5.91 Å². The van der Waals surface area contributed by atoms with E-state index in [-0.39, 0.29) is 5.91 Å². The molecule has 0 aromatic heterocycles. The predicted molar refractivity (Wildman–Crippen MR) is 56.3 cm³/mol. The lowest BCUT2D eigenvalue weighted by atomic mass is 10.1. The Morgan fingerprint density at radius 3 is 2.54 bits per heavy atom. The number of carbonyl (C=O) groups excluding carboxylic acids is 1. The second kappa shape index (κ2) is 9.30.